The van der Waals surface area contributed by atoms with Crippen molar-refractivity contribution in [3.05, 3.63) is 24.3 Å². The summed E-state index contributed by atoms with van der Waals surface area (Å²) in [5.41, 5.74) is -5.69. The quantitative estimate of drug-likeness (QED) is 0.871. The van der Waals surface area contributed by atoms with Gasteiger partial charge in [-0.05, 0) is 19.1 Å². The van der Waals surface area contributed by atoms with Gasteiger partial charge in [0, 0.05) is 6.04 Å². The lowest BCUT2D eigenvalue weighted by molar-refractivity contribution is -0.137. The SMILES string of the molecule is CC(CC(=O)O)Nc1ccccc1S(=O)(=O)C(F)(F)F. The van der Waals surface area contributed by atoms with E-state index in [1.807, 2.05) is 0 Å². The first kappa shape index (κ1) is 16.3. The number of para-hydroxylation sites is 1. The summed E-state index contributed by atoms with van der Waals surface area (Å²) in [6, 6.07) is 3.75. The van der Waals surface area contributed by atoms with Crippen LogP contribution in [0.3, 0.4) is 0 Å². The summed E-state index contributed by atoms with van der Waals surface area (Å²) in [7, 11) is -5.49. The second-order valence-corrected chi connectivity index (χ2v) is 6.00. The fraction of sp³-hybridized carbons (Fsp3) is 0.364. The molecule has 0 radical (unpaired) electrons. The Balaban J connectivity index is 3.16. The van der Waals surface area contributed by atoms with Crippen LogP contribution in [0.5, 0.6) is 0 Å². The summed E-state index contributed by atoms with van der Waals surface area (Å²) in [5.74, 6) is -1.15. The molecule has 0 amide bonds. The molecule has 1 rings (SSSR count). The number of carboxylic acids is 1. The Morgan fingerprint density at radius 3 is 2.40 bits per heavy atom. The predicted octanol–water partition coefficient (Wildman–Crippen LogP) is 2.26. The third-order valence-electron chi connectivity index (χ3n) is 2.36. The highest BCUT2D eigenvalue weighted by Gasteiger charge is 2.47. The lowest BCUT2D eigenvalue weighted by Crippen LogP contribution is -2.26. The van der Waals surface area contributed by atoms with E-state index in [1.165, 1.54) is 13.0 Å². The molecule has 0 heterocycles. The van der Waals surface area contributed by atoms with Crippen LogP contribution in [-0.4, -0.2) is 31.0 Å². The summed E-state index contributed by atoms with van der Waals surface area (Å²) in [4.78, 5) is 9.58. The number of rotatable bonds is 5. The third-order valence-corrected chi connectivity index (χ3v) is 3.91. The van der Waals surface area contributed by atoms with Crippen molar-refractivity contribution in [3.8, 4) is 0 Å². The molecule has 0 aliphatic carbocycles. The molecule has 0 spiro atoms. The number of carboxylic acid groups (broad SMARTS) is 1. The van der Waals surface area contributed by atoms with Crippen LogP contribution in [0.25, 0.3) is 0 Å². The highest BCUT2D eigenvalue weighted by Crippen LogP contribution is 2.34. The molecule has 9 heteroatoms. The van der Waals surface area contributed by atoms with Gasteiger partial charge in [0.25, 0.3) is 9.84 Å². The topological polar surface area (TPSA) is 83.5 Å². The highest BCUT2D eigenvalue weighted by molar-refractivity contribution is 7.92. The molecule has 0 bridgehead atoms. The van der Waals surface area contributed by atoms with E-state index in [0.29, 0.717) is 0 Å². The van der Waals surface area contributed by atoms with Crippen LogP contribution in [0.1, 0.15) is 13.3 Å². The number of sulfone groups is 1. The zero-order valence-corrected chi connectivity index (χ0v) is 11.1. The zero-order chi connectivity index (χ0) is 15.6. The van der Waals surface area contributed by atoms with Crippen molar-refractivity contribution >= 4 is 21.5 Å². The Kier molecular flexibility index (Phi) is 4.64. The molecule has 1 unspecified atom stereocenters. The van der Waals surface area contributed by atoms with Gasteiger partial charge in [-0.2, -0.15) is 13.2 Å². The van der Waals surface area contributed by atoms with Crippen LogP contribution in [0, 0.1) is 0 Å². The van der Waals surface area contributed by atoms with Gasteiger partial charge in [-0.3, -0.25) is 4.79 Å². The van der Waals surface area contributed by atoms with Gasteiger partial charge in [-0.15, -0.1) is 0 Å². The molecule has 112 valence electrons. The minimum Gasteiger partial charge on any atom is -0.481 e. The Morgan fingerprint density at radius 1 is 1.35 bits per heavy atom. The third kappa shape index (κ3) is 3.62. The first-order valence-corrected chi connectivity index (χ1v) is 6.92. The number of halogens is 3. The van der Waals surface area contributed by atoms with E-state index in [-0.39, 0.29) is 12.1 Å². The van der Waals surface area contributed by atoms with E-state index in [9.17, 15) is 26.4 Å². The van der Waals surface area contributed by atoms with Gasteiger partial charge in [-0.1, -0.05) is 12.1 Å². The molecule has 1 aromatic carbocycles. The molecule has 5 nitrogen and oxygen atoms in total. The average molecular weight is 311 g/mol. The summed E-state index contributed by atoms with van der Waals surface area (Å²) in [6.45, 7) is 1.42. The van der Waals surface area contributed by atoms with Crippen LogP contribution in [-0.2, 0) is 14.6 Å². The lowest BCUT2D eigenvalue weighted by Gasteiger charge is -2.17. The number of anilines is 1. The maximum atomic E-state index is 12.5. The number of hydrogen-bond acceptors (Lipinski definition) is 4. The Bertz CT molecular complexity index is 598. The molecule has 0 saturated heterocycles. The van der Waals surface area contributed by atoms with Gasteiger partial charge in [-0.25, -0.2) is 8.42 Å². The second-order valence-electron chi connectivity index (χ2n) is 4.09. The Morgan fingerprint density at radius 2 is 1.90 bits per heavy atom. The summed E-state index contributed by atoms with van der Waals surface area (Å²) in [6.07, 6.45) is -0.361. The van der Waals surface area contributed by atoms with Crippen molar-refractivity contribution in [2.24, 2.45) is 0 Å². The first-order valence-electron chi connectivity index (χ1n) is 5.44. The molecular weight excluding hydrogens is 299 g/mol. The summed E-state index contributed by atoms with van der Waals surface area (Å²) in [5, 5.41) is 11.0. The van der Waals surface area contributed by atoms with Crippen LogP contribution >= 0.6 is 0 Å². The van der Waals surface area contributed by atoms with Crippen LogP contribution in [0.15, 0.2) is 29.2 Å². The molecule has 0 aromatic heterocycles. The number of hydrogen-bond donors (Lipinski definition) is 2. The van der Waals surface area contributed by atoms with Crippen LogP contribution in [0.2, 0.25) is 0 Å². The summed E-state index contributed by atoms with van der Waals surface area (Å²) < 4.78 is 60.4. The molecule has 1 atom stereocenters. The highest BCUT2D eigenvalue weighted by atomic mass is 32.2. The Hall–Kier alpha value is -1.77. The number of carbonyl (C=O) groups is 1. The van der Waals surface area contributed by atoms with Crippen molar-refractivity contribution < 1.29 is 31.5 Å². The van der Waals surface area contributed by atoms with E-state index in [0.717, 1.165) is 18.2 Å². The van der Waals surface area contributed by atoms with Crippen molar-refractivity contribution in [3.63, 3.8) is 0 Å². The number of alkyl halides is 3. The number of aliphatic carboxylic acids is 1. The molecular formula is C11H12F3NO4S. The monoisotopic (exact) mass is 311 g/mol. The maximum Gasteiger partial charge on any atom is 0.501 e. The second kappa shape index (κ2) is 5.70. The summed E-state index contributed by atoms with van der Waals surface area (Å²) >= 11 is 0. The number of benzene rings is 1. The van der Waals surface area contributed by atoms with Crippen LogP contribution in [0.4, 0.5) is 18.9 Å². The predicted molar refractivity (Wildman–Crippen MR) is 65.0 cm³/mol. The first-order chi connectivity index (χ1) is 9.05. The standard InChI is InChI=1S/C11H12F3NO4S/c1-7(6-10(16)17)15-8-4-2-3-5-9(8)20(18,19)11(12,13)14/h2-5,7,15H,6H2,1H3,(H,16,17). The van der Waals surface area contributed by atoms with Gasteiger partial charge in [0.15, 0.2) is 0 Å². The minimum atomic E-state index is -5.49. The van der Waals surface area contributed by atoms with Gasteiger partial charge >= 0.3 is 11.5 Å². The molecule has 1 aromatic rings. The van der Waals surface area contributed by atoms with E-state index < -0.39 is 32.3 Å². The van der Waals surface area contributed by atoms with E-state index >= 15 is 0 Å². The smallest absolute Gasteiger partial charge is 0.481 e. The van der Waals surface area contributed by atoms with E-state index in [2.05, 4.69) is 5.32 Å². The fourth-order valence-corrected chi connectivity index (χ4v) is 2.45. The van der Waals surface area contributed by atoms with E-state index in [4.69, 9.17) is 5.11 Å². The molecule has 0 aliphatic rings. The molecule has 0 saturated carbocycles. The number of nitrogens with one attached hydrogen (secondary N) is 1. The van der Waals surface area contributed by atoms with Crippen LogP contribution < -0.4 is 5.32 Å². The van der Waals surface area contributed by atoms with Gasteiger partial charge in [0.1, 0.15) is 0 Å². The van der Waals surface area contributed by atoms with Crippen molar-refractivity contribution in [1.82, 2.24) is 0 Å². The van der Waals surface area contributed by atoms with E-state index in [1.54, 1.807) is 0 Å². The maximum absolute atomic E-state index is 12.5. The Labute approximate surface area is 113 Å². The molecule has 20 heavy (non-hydrogen) atoms. The van der Waals surface area contributed by atoms with Gasteiger partial charge in [0.05, 0.1) is 17.0 Å². The molecule has 2 N–H and O–H groups in total. The van der Waals surface area contributed by atoms with Crippen molar-refractivity contribution in [2.45, 2.75) is 29.8 Å². The fourth-order valence-electron chi connectivity index (χ4n) is 1.52. The average Bonchev–Trinajstić information content (AvgIpc) is 2.26. The van der Waals surface area contributed by atoms with Gasteiger partial charge < -0.3 is 10.4 Å². The van der Waals surface area contributed by atoms with Crippen molar-refractivity contribution in [1.29, 1.82) is 0 Å². The normalized spacial score (nSPS) is 13.8. The van der Waals surface area contributed by atoms with Crippen molar-refractivity contribution in [2.75, 3.05) is 5.32 Å². The molecule has 0 fully saturated rings. The largest absolute Gasteiger partial charge is 0.501 e. The zero-order valence-electron chi connectivity index (χ0n) is 10.3. The van der Waals surface area contributed by atoms with Gasteiger partial charge in [0.2, 0.25) is 0 Å². The molecule has 0 aliphatic heterocycles. The lowest BCUT2D eigenvalue weighted by atomic mass is 10.2. The minimum absolute atomic E-state index is 0.279.